The van der Waals surface area contributed by atoms with Crippen LogP contribution >= 0.6 is 11.3 Å². The summed E-state index contributed by atoms with van der Waals surface area (Å²) in [5, 5.41) is 12.2. The van der Waals surface area contributed by atoms with Gasteiger partial charge in [-0.15, -0.1) is 11.3 Å². The van der Waals surface area contributed by atoms with E-state index in [1.54, 1.807) is 6.07 Å². The summed E-state index contributed by atoms with van der Waals surface area (Å²) in [6.07, 6.45) is 3.56. The maximum atomic E-state index is 13.8. The maximum Gasteiger partial charge on any atom is 0.203 e. The zero-order chi connectivity index (χ0) is 21.5. The van der Waals surface area contributed by atoms with Crippen LogP contribution in [-0.4, -0.2) is 28.1 Å². The third-order valence-electron chi connectivity index (χ3n) is 6.19. The molecule has 0 aliphatic carbocycles. The molecule has 4 aromatic rings. The Hall–Kier alpha value is -2.70. The molecule has 1 fully saturated rings. The number of rotatable bonds is 5. The normalized spacial score (nSPS) is 14.8. The van der Waals surface area contributed by atoms with Gasteiger partial charge in [-0.2, -0.15) is 0 Å². The van der Waals surface area contributed by atoms with E-state index in [-0.39, 0.29) is 11.2 Å². The molecule has 3 heterocycles. The van der Waals surface area contributed by atoms with E-state index in [9.17, 15) is 9.90 Å². The fourth-order valence-electron chi connectivity index (χ4n) is 4.52. The number of hydrogen-bond donors (Lipinski definition) is 1. The number of phenols is 1. The minimum Gasteiger partial charge on any atom is -0.507 e. The van der Waals surface area contributed by atoms with E-state index in [2.05, 4.69) is 4.90 Å². The lowest BCUT2D eigenvalue weighted by atomic mass is 9.99. The predicted octanol–water partition coefficient (Wildman–Crippen LogP) is 5.50. The number of fused-ring (bicyclic) bond motifs is 2. The SMILES string of the molecule is CCc1cc2c(=O)c(-c3nc4ccccc4s3)c(CC)oc2c(CN2CCCC2)c1O. The molecule has 0 saturated carbocycles. The number of nitrogens with zero attached hydrogens (tertiary/aromatic N) is 2. The minimum absolute atomic E-state index is 0.0606. The molecular formula is C25H26N2O3S. The van der Waals surface area contributed by atoms with Gasteiger partial charge in [-0.25, -0.2) is 4.98 Å². The van der Waals surface area contributed by atoms with Gasteiger partial charge in [-0.3, -0.25) is 9.69 Å². The third-order valence-corrected chi connectivity index (χ3v) is 7.25. The molecule has 1 saturated heterocycles. The Labute approximate surface area is 185 Å². The Kier molecular flexibility index (Phi) is 5.28. The summed E-state index contributed by atoms with van der Waals surface area (Å²) in [4.78, 5) is 20.8. The lowest BCUT2D eigenvalue weighted by Gasteiger charge is -2.19. The van der Waals surface area contributed by atoms with E-state index in [0.717, 1.165) is 47.3 Å². The fourth-order valence-corrected chi connectivity index (χ4v) is 5.54. The zero-order valence-corrected chi connectivity index (χ0v) is 18.7. The maximum absolute atomic E-state index is 13.8. The van der Waals surface area contributed by atoms with Crippen LogP contribution in [0.15, 0.2) is 39.5 Å². The molecule has 2 aromatic carbocycles. The van der Waals surface area contributed by atoms with Crippen molar-refractivity contribution in [3.8, 4) is 16.3 Å². The largest absolute Gasteiger partial charge is 0.507 e. The number of thiazole rings is 1. The molecule has 1 aliphatic heterocycles. The average Bonchev–Trinajstić information content (AvgIpc) is 3.44. The molecule has 0 amide bonds. The first kappa shape index (κ1) is 20.2. The Morgan fingerprint density at radius 2 is 1.94 bits per heavy atom. The van der Waals surface area contributed by atoms with Crippen LogP contribution in [0.4, 0.5) is 0 Å². The van der Waals surface area contributed by atoms with Crippen molar-refractivity contribution in [2.24, 2.45) is 0 Å². The highest BCUT2D eigenvalue weighted by Gasteiger charge is 2.24. The summed E-state index contributed by atoms with van der Waals surface area (Å²) >= 11 is 1.52. The highest BCUT2D eigenvalue weighted by molar-refractivity contribution is 7.21. The van der Waals surface area contributed by atoms with Crippen LogP contribution in [0.3, 0.4) is 0 Å². The van der Waals surface area contributed by atoms with Gasteiger partial charge in [0.15, 0.2) is 0 Å². The van der Waals surface area contributed by atoms with Crippen molar-refractivity contribution >= 4 is 32.5 Å². The molecule has 31 heavy (non-hydrogen) atoms. The van der Waals surface area contributed by atoms with E-state index in [1.165, 1.54) is 11.3 Å². The van der Waals surface area contributed by atoms with Gasteiger partial charge >= 0.3 is 0 Å². The van der Waals surface area contributed by atoms with Crippen LogP contribution in [0, 0.1) is 0 Å². The zero-order valence-electron chi connectivity index (χ0n) is 17.9. The first-order chi connectivity index (χ1) is 15.1. The van der Waals surface area contributed by atoms with Gasteiger partial charge in [0.25, 0.3) is 0 Å². The monoisotopic (exact) mass is 434 g/mol. The van der Waals surface area contributed by atoms with E-state index in [1.807, 2.05) is 38.1 Å². The van der Waals surface area contributed by atoms with Gasteiger partial charge < -0.3 is 9.52 Å². The van der Waals surface area contributed by atoms with Crippen molar-refractivity contribution in [2.75, 3.05) is 13.1 Å². The van der Waals surface area contributed by atoms with E-state index >= 15 is 0 Å². The summed E-state index contributed by atoms with van der Waals surface area (Å²) in [5.74, 6) is 0.891. The van der Waals surface area contributed by atoms with E-state index < -0.39 is 0 Å². The van der Waals surface area contributed by atoms with Gasteiger partial charge in [0.2, 0.25) is 5.43 Å². The van der Waals surface area contributed by atoms with Gasteiger partial charge in [0, 0.05) is 13.0 Å². The number of para-hydroxylation sites is 1. The highest BCUT2D eigenvalue weighted by Crippen LogP contribution is 2.37. The molecule has 0 bridgehead atoms. The number of hydrogen-bond acceptors (Lipinski definition) is 6. The van der Waals surface area contributed by atoms with Gasteiger partial charge in [-0.1, -0.05) is 26.0 Å². The third kappa shape index (κ3) is 3.44. The number of likely N-dealkylation sites (tertiary alicyclic amines) is 1. The first-order valence-electron chi connectivity index (χ1n) is 11.0. The first-order valence-corrected chi connectivity index (χ1v) is 11.8. The Balaban J connectivity index is 1.77. The fraction of sp³-hybridized carbons (Fsp3) is 0.360. The summed E-state index contributed by atoms with van der Waals surface area (Å²) < 4.78 is 7.42. The molecule has 1 aliphatic rings. The Morgan fingerprint density at radius 3 is 2.65 bits per heavy atom. The molecular weight excluding hydrogens is 408 g/mol. The molecule has 0 atom stereocenters. The van der Waals surface area contributed by atoms with Gasteiger partial charge in [0.1, 0.15) is 22.1 Å². The summed E-state index contributed by atoms with van der Waals surface area (Å²) in [7, 11) is 0. The van der Waals surface area contributed by atoms with Crippen molar-refractivity contribution in [1.29, 1.82) is 0 Å². The number of benzene rings is 2. The molecule has 6 heteroatoms. The number of aromatic nitrogens is 1. The smallest absolute Gasteiger partial charge is 0.203 e. The van der Waals surface area contributed by atoms with E-state index in [4.69, 9.17) is 9.40 Å². The molecule has 160 valence electrons. The number of phenolic OH excluding ortho intramolecular Hbond substituents is 1. The van der Waals surface area contributed by atoms with Gasteiger partial charge in [0.05, 0.1) is 26.7 Å². The van der Waals surface area contributed by atoms with Crippen molar-refractivity contribution in [3.63, 3.8) is 0 Å². The predicted molar refractivity (Wildman–Crippen MR) is 126 cm³/mol. The van der Waals surface area contributed by atoms with Crippen molar-refractivity contribution < 1.29 is 9.52 Å². The van der Waals surface area contributed by atoms with Crippen LogP contribution < -0.4 is 5.43 Å². The lowest BCUT2D eigenvalue weighted by Crippen LogP contribution is -2.19. The molecule has 5 rings (SSSR count). The van der Waals surface area contributed by atoms with Crippen molar-refractivity contribution in [1.82, 2.24) is 9.88 Å². The lowest BCUT2D eigenvalue weighted by molar-refractivity contribution is 0.322. The van der Waals surface area contributed by atoms with Crippen molar-refractivity contribution in [2.45, 2.75) is 46.1 Å². The second kappa shape index (κ2) is 8.09. The Morgan fingerprint density at radius 1 is 1.16 bits per heavy atom. The number of aromatic hydroxyl groups is 1. The topological polar surface area (TPSA) is 66.6 Å². The Bertz CT molecular complexity index is 1300. The second-order valence-electron chi connectivity index (χ2n) is 8.15. The quantitative estimate of drug-likeness (QED) is 0.449. The number of aryl methyl sites for hydroxylation is 2. The minimum atomic E-state index is -0.0606. The van der Waals surface area contributed by atoms with Gasteiger partial charge in [-0.05, 0) is 56.1 Å². The second-order valence-corrected chi connectivity index (χ2v) is 9.18. The van der Waals surface area contributed by atoms with Crippen molar-refractivity contribution in [3.05, 3.63) is 57.4 Å². The summed E-state index contributed by atoms with van der Waals surface area (Å²) in [6.45, 7) is 6.60. The van der Waals surface area contributed by atoms with Crippen LogP contribution in [0.25, 0.3) is 31.8 Å². The van der Waals surface area contributed by atoms with Crippen LogP contribution in [0.2, 0.25) is 0 Å². The summed E-state index contributed by atoms with van der Waals surface area (Å²) in [6, 6.07) is 9.72. The standard InChI is InChI=1S/C25H26N2O3S/c1-3-15-13-16-23(29)21(25-26-18-9-5-6-10-20(18)31-25)19(4-2)30-24(16)17(22(15)28)14-27-11-7-8-12-27/h5-6,9-10,13,28H,3-4,7-8,11-12,14H2,1-2H3. The molecule has 5 nitrogen and oxygen atoms in total. The molecule has 1 N–H and O–H groups in total. The molecule has 0 radical (unpaired) electrons. The van der Waals surface area contributed by atoms with Crippen LogP contribution in [0.1, 0.15) is 43.6 Å². The van der Waals surface area contributed by atoms with Crippen LogP contribution in [0.5, 0.6) is 5.75 Å². The summed E-state index contributed by atoms with van der Waals surface area (Å²) in [5.41, 5.74) is 3.42. The molecule has 0 unspecified atom stereocenters. The molecule has 2 aromatic heterocycles. The average molecular weight is 435 g/mol. The van der Waals surface area contributed by atoms with Crippen LogP contribution in [-0.2, 0) is 19.4 Å². The molecule has 0 spiro atoms. The van der Waals surface area contributed by atoms with E-state index in [0.29, 0.717) is 46.7 Å². The highest BCUT2D eigenvalue weighted by atomic mass is 32.1.